The van der Waals surface area contributed by atoms with Crippen LogP contribution in [0.15, 0.2) is 66.9 Å². The lowest BCUT2D eigenvalue weighted by Crippen LogP contribution is -2.30. The maximum atomic E-state index is 13.5. The highest BCUT2D eigenvalue weighted by Gasteiger charge is 2.34. The van der Waals surface area contributed by atoms with Gasteiger partial charge in [0.2, 0.25) is 5.82 Å². The molecule has 4 heterocycles. The summed E-state index contributed by atoms with van der Waals surface area (Å²) in [5.41, 5.74) is 6.33. The Hall–Kier alpha value is -5.98. The molecule has 2 aromatic carbocycles. The van der Waals surface area contributed by atoms with Crippen molar-refractivity contribution in [1.82, 2.24) is 40.3 Å². The summed E-state index contributed by atoms with van der Waals surface area (Å²) in [6.07, 6.45) is 1.10. The Bertz CT molecular complexity index is 1970. The largest absolute Gasteiger partial charge is 0.465 e. The molecule has 0 spiro atoms. The molecule has 13 nitrogen and oxygen atoms in total. The van der Waals surface area contributed by atoms with Gasteiger partial charge in [-0.15, -0.1) is 20.4 Å². The molecule has 5 aromatic rings. The van der Waals surface area contributed by atoms with Gasteiger partial charge in [0.1, 0.15) is 5.69 Å². The minimum absolute atomic E-state index is 0.0900. The summed E-state index contributed by atoms with van der Waals surface area (Å²) in [4.78, 5) is 51.2. The molecule has 0 saturated carbocycles. The molecule has 0 unspecified atom stereocenters. The highest BCUT2D eigenvalue weighted by molar-refractivity contribution is 6.05. The molecule has 0 bridgehead atoms. The maximum absolute atomic E-state index is 13.5. The fourth-order valence-electron chi connectivity index (χ4n) is 5.53. The van der Waals surface area contributed by atoms with Crippen LogP contribution in [0.1, 0.15) is 61.5 Å². The standard InChI is InChI=1S/C33H30N8O5/c1-19(42)25-12-15-41-27(16-25)28(26-18-40(32(44)29(26)41)14-3-13-34-33(45)46)22-8-10-24(11-9-22)31(43)35-17-21-4-6-23(7-5-21)30-38-36-20(2)37-39-30/h4-12,15-16,34H,3,13-14,17-18H2,1-2H3,(H,35,43)(H,45,46). The Balaban J connectivity index is 1.20. The van der Waals surface area contributed by atoms with Gasteiger partial charge in [0.15, 0.2) is 11.6 Å². The summed E-state index contributed by atoms with van der Waals surface area (Å²) in [7, 11) is 0. The highest BCUT2D eigenvalue weighted by Crippen LogP contribution is 2.39. The Morgan fingerprint density at radius 1 is 0.891 bits per heavy atom. The van der Waals surface area contributed by atoms with Crippen molar-refractivity contribution < 1.29 is 24.3 Å². The van der Waals surface area contributed by atoms with Crippen LogP contribution in [0.3, 0.4) is 0 Å². The van der Waals surface area contributed by atoms with Crippen molar-refractivity contribution in [3.63, 3.8) is 0 Å². The fourth-order valence-corrected chi connectivity index (χ4v) is 5.53. The van der Waals surface area contributed by atoms with E-state index in [2.05, 4.69) is 31.0 Å². The summed E-state index contributed by atoms with van der Waals surface area (Å²) >= 11 is 0. The van der Waals surface area contributed by atoms with Gasteiger partial charge in [0.05, 0.1) is 5.52 Å². The summed E-state index contributed by atoms with van der Waals surface area (Å²) in [6, 6.07) is 18.1. The smallest absolute Gasteiger partial charge is 0.404 e. The van der Waals surface area contributed by atoms with Crippen LogP contribution in [0.25, 0.3) is 28.0 Å². The second kappa shape index (κ2) is 12.6. The molecular formula is C33H30N8O5. The van der Waals surface area contributed by atoms with Gasteiger partial charge in [-0.05, 0) is 55.7 Å². The van der Waals surface area contributed by atoms with Crippen molar-refractivity contribution in [1.29, 1.82) is 0 Å². The van der Waals surface area contributed by atoms with Gasteiger partial charge in [0.25, 0.3) is 11.8 Å². The molecular weight excluding hydrogens is 588 g/mol. The van der Waals surface area contributed by atoms with E-state index >= 15 is 0 Å². The first-order chi connectivity index (χ1) is 22.2. The molecule has 0 atom stereocenters. The molecule has 0 fully saturated rings. The van der Waals surface area contributed by atoms with E-state index in [1.54, 1.807) is 46.7 Å². The number of nitrogens with zero attached hydrogens (tertiary/aromatic N) is 6. The van der Waals surface area contributed by atoms with Crippen molar-refractivity contribution in [2.75, 3.05) is 13.1 Å². The van der Waals surface area contributed by atoms with E-state index in [0.717, 1.165) is 33.3 Å². The molecule has 3 N–H and O–H groups in total. The van der Waals surface area contributed by atoms with Crippen molar-refractivity contribution in [3.05, 3.63) is 101 Å². The summed E-state index contributed by atoms with van der Waals surface area (Å²) < 4.78 is 1.80. The number of carbonyl (C=O) groups excluding carboxylic acids is 3. The number of carboxylic acid groups (broad SMARTS) is 1. The number of benzene rings is 2. The number of rotatable bonds is 10. The first-order valence-corrected chi connectivity index (χ1v) is 14.7. The van der Waals surface area contributed by atoms with E-state index < -0.39 is 6.09 Å². The van der Waals surface area contributed by atoms with Crippen molar-refractivity contribution in [2.45, 2.75) is 33.4 Å². The molecule has 232 valence electrons. The lowest BCUT2D eigenvalue weighted by molar-refractivity contribution is 0.0770. The summed E-state index contributed by atoms with van der Waals surface area (Å²) in [5.74, 6) is 0.419. The van der Waals surface area contributed by atoms with Crippen LogP contribution in [0.5, 0.6) is 0 Å². The third-order valence-electron chi connectivity index (χ3n) is 7.85. The first kappa shape index (κ1) is 30.1. The molecule has 1 aliphatic heterocycles. The van der Waals surface area contributed by atoms with Gasteiger partial charge < -0.3 is 25.0 Å². The van der Waals surface area contributed by atoms with E-state index in [0.29, 0.717) is 54.5 Å². The molecule has 6 rings (SSSR count). The van der Waals surface area contributed by atoms with Gasteiger partial charge in [0, 0.05) is 60.2 Å². The molecule has 1 aliphatic rings. The van der Waals surface area contributed by atoms with Crippen LogP contribution < -0.4 is 10.6 Å². The van der Waals surface area contributed by atoms with Gasteiger partial charge in [-0.1, -0.05) is 36.4 Å². The third kappa shape index (κ3) is 6.02. The molecule has 0 aliphatic carbocycles. The van der Waals surface area contributed by atoms with E-state index in [9.17, 15) is 19.2 Å². The number of fused-ring (bicyclic) bond motifs is 3. The number of carbonyl (C=O) groups is 4. The van der Waals surface area contributed by atoms with Crippen molar-refractivity contribution >= 4 is 29.2 Å². The predicted molar refractivity (Wildman–Crippen MR) is 167 cm³/mol. The van der Waals surface area contributed by atoms with Crippen LogP contribution in [-0.2, 0) is 13.1 Å². The summed E-state index contributed by atoms with van der Waals surface area (Å²) in [5, 5.41) is 30.1. The van der Waals surface area contributed by atoms with Crippen LogP contribution in [-0.4, -0.2) is 71.6 Å². The number of amides is 3. The summed E-state index contributed by atoms with van der Waals surface area (Å²) in [6.45, 7) is 4.49. The average Bonchev–Trinajstić information content (AvgIpc) is 3.55. The minimum Gasteiger partial charge on any atom is -0.465 e. The normalized spacial score (nSPS) is 12.3. The predicted octanol–water partition coefficient (Wildman–Crippen LogP) is 3.91. The zero-order valence-corrected chi connectivity index (χ0v) is 25.1. The lowest BCUT2D eigenvalue weighted by atomic mass is 9.99. The third-order valence-corrected chi connectivity index (χ3v) is 7.85. The first-order valence-electron chi connectivity index (χ1n) is 14.7. The number of hydrogen-bond donors (Lipinski definition) is 3. The minimum atomic E-state index is -1.11. The topological polar surface area (TPSA) is 172 Å². The van der Waals surface area contributed by atoms with Crippen molar-refractivity contribution in [3.8, 4) is 22.5 Å². The second-order valence-corrected chi connectivity index (χ2v) is 11.0. The number of nitrogens with one attached hydrogen (secondary N) is 2. The average molecular weight is 619 g/mol. The highest BCUT2D eigenvalue weighted by atomic mass is 16.4. The van der Waals surface area contributed by atoms with Crippen LogP contribution in [0.2, 0.25) is 0 Å². The van der Waals surface area contributed by atoms with E-state index in [1.807, 2.05) is 36.4 Å². The number of aryl methyl sites for hydroxylation is 1. The van der Waals surface area contributed by atoms with Gasteiger partial charge >= 0.3 is 6.09 Å². The SMILES string of the molecule is CC(=O)c1ccn2c3c(c(-c4ccc(C(=O)NCc5ccc(-c6nnc(C)nn6)cc5)cc4)c2c1)CN(CCCNC(=O)O)C3=O. The second-order valence-electron chi connectivity index (χ2n) is 11.0. The maximum Gasteiger partial charge on any atom is 0.404 e. The van der Waals surface area contributed by atoms with E-state index in [-0.39, 0.29) is 24.1 Å². The van der Waals surface area contributed by atoms with Gasteiger partial charge in [-0.2, -0.15) is 0 Å². The number of ketones is 1. The number of Topliss-reactive ketones (excluding diaryl/α,β-unsaturated/α-hetero) is 1. The molecule has 0 radical (unpaired) electrons. The van der Waals surface area contributed by atoms with Gasteiger partial charge in [-0.3, -0.25) is 14.4 Å². The van der Waals surface area contributed by atoms with Crippen LogP contribution in [0, 0.1) is 6.92 Å². The Morgan fingerprint density at radius 3 is 2.26 bits per heavy atom. The zero-order valence-electron chi connectivity index (χ0n) is 25.1. The number of hydrogen-bond acceptors (Lipinski definition) is 8. The number of aromatic nitrogens is 5. The molecule has 0 saturated heterocycles. The van der Waals surface area contributed by atoms with E-state index in [1.165, 1.54) is 6.92 Å². The Kier molecular flexibility index (Phi) is 8.21. The monoisotopic (exact) mass is 618 g/mol. The number of pyridine rings is 1. The zero-order chi connectivity index (χ0) is 32.4. The lowest BCUT2D eigenvalue weighted by Gasteiger charge is -2.17. The molecule has 3 aromatic heterocycles. The Labute approximate surface area is 263 Å². The van der Waals surface area contributed by atoms with Gasteiger partial charge in [-0.25, -0.2) is 4.79 Å². The molecule has 3 amide bonds. The van der Waals surface area contributed by atoms with Crippen LogP contribution >= 0.6 is 0 Å². The van der Waals surface area contributed by atoms with Crippen LogP contribution in [0.4, 0.5) is 4.79 Å². The fraction of sp³-hybridized carbons (Fsp3) is 0.212. The van der Waals surface area contributed by atoms with Crippen molar-refractivity contribution in [2.24, 2.45) is 0 Å². The quantitative estimate of drug-likeness (QED) is 0.155. The molecule has 46 heavy (non-hydrogen) atoms. The van der Waals surface area contributed by atoms with E-state index in [4.69, 9.17) is 5.11 Å². The Morgan fingerprint density at radius 2 is 1.59 bits per heavy atom. The molecule has 13 heteroatoms.